The van der Waals surface area contributed by atoms with E-state index in [1.54, 1.807) is 12.1 Å². The third-order valence-corrected chi connectivity index (χ3v) is 5.49. The Kier molecular flexibility index (Phi) is 3.26. The third-order valence-electron chi connectivity index (χ3n) is 3.43. The molecular formula is C14H16N2O2S. The number of nitrogens with one attached hydrogen (secondary N) is 2. The van der Waals surface area contributed by atoms with E-state index in [9.17, 15) is 8.42 Å². The molecule has 1 heterocycles. The number of hydrogen-bond acceptors (Lipinski definition) is 4. The summed E-state index contributed by atoms with van der Waals surface area (Å²) in [5.74, 6) is 0. The van der Waals surface area contributed by atoms with Crippen LogP contribution >= 0.6 is 0 Å². The van der Waals surface area contributed by atoms with Crippen molar-refractivity contribution in [1.29, 1.82) is 0 Å². The van der Waals surface area contributed by atoms with Crippen LogP contribution in [-0.4, -0.2) is 33.4 Å². The molecule has 1 fully saturated rings. The van der Waals surface area contributed by atoms with Crippen molar-refractivity contribution in [3.63, 3.8) is 0 Å². The molecule has 2 aromatic carbocycles. The van der Waals surface area contributed by atoms with Crippen LogP contribution in [0, 0.1) is 0 Å². The Labute approximate surface area is 112 Å². The molecule has 2 N–H and O–H groups in total. The number of fused-ring (bicyclic) bond motifs is 1. The van der Waals surface area contributed by atoms with Crippen LogP contribution in [0.4, 0.5) is 0 Å². The van der Waals surface area contributed by atoms with E-state index in [1.807, 2.05) is 30.3 Å². The van der Waals surface area contributed by atoms with Gasteiger partial charge in [0.05, 0.1) is 4.90 Å². The quantitative estimate of drug-likeness (QED) is 0.863. The van der Waals surface area contributed by atoms with Crippen LogP contribution in [0.1, 0.15) is 0 Å². The normalized spacial score (nSPS) is 20.5. The van der Waals surface area contributed by atoms with Gasteiger partial charge in [0.15, 0.2) is 9.84 Å². The summed E-state index contributed by atoms with van der Waals surface area (Å²) in [4.78, 5) is 0.409. The highest BCUT2D eigenvalue weighted by molar-refractivity contribution is 7.92. The van der Waals surface area contributed by atoms with Crippen LogP contribution in [0.25, 0.3) is 10.8 Å². The van der Waals surface area contributed by atoms with Gasteiger partial charge in [-0.15, -0.1) is 0 Å². The molecule has 1 unspecified atom stereocenters. The van der Waals surface area contributed by atoms with Crippen molar-refractivity contribution in [2.24, 2.45) is 0 Å². The van der Waals surface area contributed by atoms with Crippen LogP contribution < -0.4 is 10.6 Å². The highest BCUT2D eigenvalue weighted by Crippen LogP contribution is 2.25. The number of benzene rings is 2. The van der Waals surface area contributed by atoms with Gasteiger partial charge >= 0.3 is 0 Å². The van der Waals surface area contributed by atoms with Crippen LogP contribution in [-0.2, 0) is 9.84 Å². The average Bonchev–Trinajstić information content (AvgIpc) is 2.47. The zero-order valence-electron chi connectivity index (χ0n) is 10.5. The van der Waals surface area contributed by atoms with Crippen molar-refractivity contribution in [3.05, 3.63) is 42.5 Å². The Morgan fingerprint density at radius 2 is 1.79 bits per heavy atom. The van der Waals surface area contributed by atoms with Gasteiger partial charge in [-0.3, -0.25) is 5.32 Å². The predicted octanol–water partition coefficient (Wildman–Crippen LogP) is 1.13. The number of piperazine rings is 1. The minimum absolute atomic E-state index is 0.409. The first kappa shape index (κ1) is 12.6. The highest BCUT2D eigenvalue weighted by Gasteiger charge is 2.29. The van der Waals surface area contributed by atoms with Gasteiger partial charge in [0.25, 0.3) is 0 Å². The lowest BCUT2D eigenvalue weighted by Crippen LogP contribution is -2.52. The molecule has 0 amide bonds. The Bertz CT molecular complexity index is 686. The Morgan fingerprint density at radius 1 is 1.00 bits per heavy atom. The standard InChI is InChI=1S/C14H16N2O2S/c17-19(18,14-10-15-8-9-16-14)13-7-3-5-11-4-1-2-6-12(11)13/h1-7,14-16H,8-10H2. The lowest BCUT2D eigenvalue weighted by molar-refractivity contribution is 0.475. The minimum Gasteiger partial charge on any atom is -0.313 e. The lowest BCUT2D eigenvalue weighted by Gasteiger charge is -2.25. The summed E-state index contributed by atoms with van der Waals surface area (Å²) >= 11 is 0. The van der Waals surface area contributed by atoms with Gasteiger partial charge < -0.3 is 5.32 Å². The molecule has 0 radical (unpaired) electrons. The summed E-state index contributed by atoms with van der Waals surface area (Å²) in [6, 6.07) is 13.0. The zero-order valence-corrected chi connectivity index (χ0v) is 11.3. The fourth-order valence-electron chi connectivity index (χ4n) is 2.44. The first-order chi connectivity index (χ1) is 9.19. The fourth-order valence-corrected chi connectivity index (χ4v) is 4.19. The van der Waals surface area contributed by atoms with Gasteiger partial charge in [0.2, 0.25) is 0 Å². The zero-order chi connectivity index (χ0) is 13.3. The molecule has 19 heavy (non-hydrogen) atoms. The van der Waals surface area contributed by atoms with Crippen LogP contribution in [0.2, 0.25) is 0 Å². The second-order valence-corrected chi connectivity index (χ2v) is 6.77. The van der Waals surface area contributed by atoms with Crippen LogP contribution in [0.15, 0.2) is 47.4 Å². The van der Waals surface area contributed by atoms with Crippen molar-refractivity contribution < 1.29 is 8.42 Å². The van der Waals surface area contributed by atoms with Crippen LogP contribution in [0.3, 0.4) is 0 Å². The van der Waals surface area contributed by atoms with Crippen molar-refractivity contribution in [2.45, 2.75) is 10.3 Å². The number of rotatable bonds is 2. The molecule has 0 spiro atoms. The van der Waals surface area contributed by atoms with E-state index in [1.165, 1.54) is 0 Å². The van der Waals surface area contributed by atoms with Crippen molar-refractivity contribution >= 4 is 20.6 Å². The van der Waals surface area contributed by atoms with Crippen molar-refractivity contribution in [2.75, 3.05) is 19.6 Å². The minimum atomic E-state index is -3.36. The van der Waals surface area contributed by atoms with E-state index in [-0.39, 0.29) is 0 Å². The summed E-state index contributed by atoms with van der Waals surface area (Å²) in [5, 5.41) is 7.38. The molecule has 4 nitrogen and oxygen atoms in total. The van der Waals surface area contributed by atoms with Crippen molar-refractivity contribution in [3.8, 4) is 0 Å². The second-order valence-electron chi connectivity index (χ2n) is 4.67. The average molecular weight is 276 g/mol. The van der Waals surface area contributed by atoms with Gasteiger partial charge in [-0.05, 0) is 11.5 Å². The molecule has 1 saturated heterocycles. The Balaban J connectivity index is 2.12. The Morgan fingerprint density at radius 3 is 2.58 bits per heavy atom. The molecule has 1 atom stereocenters. The summed E-state index contributed by atoms with van der Waals surface area (Å²) in [6.45, 7) is 1.93. The van der Waals surface area contributed by atoms with Crippen LogP contribution in [0.5, 0.6) is 0 Å². The van der Waals surface area contributed by atoms with E-state index >= 15 is 0 Å². The first-order valence-corrected chi connectivity index (χ1v) is 7.90. The van der Waals surface area contributed by atoms with E-state index in [0.29, 0.717) is 18.0 Å². The fraction of sp³-hybridized carbons (Fsp3) is 0.286. The summed E-state index contributed by atoms with van der Waals surface area (Å²) in [5.41, 5.74) is 0. The molecule has 0 aromatic heterocycles. The lowest BCUT2D eigenvalue weighted by atomic mass is 10.1. The monoisotopic (exact) mass is 276 g/mol. The maximum absolute atomic E-state index is 12.7. The molecule has 0 bridgehead atoms. The van der Waals surface area contributed by atoms with E-state index in [4.69, 9.17) is 0 Å². The van der Waals surface area contributed by atoms with E-state index < -0.39 is 15.2 Å². The number of sulfone groups is 1. The van der Waals surface area contributed by atoms with Gasteiger partial charge in [-0.25, -0.2) is 8.42 Å². The first-order valence-electron chi connectivity index (χ1n) is 6.35. The molecule has 100 valence electrons. The molecule has 0 aliphatic carbocycles. The molecule has 5 heteroatoms. The molecule has 1 aliphatic rings. The predicted molar refractivity (Wildman–Crippen MR) is 75.8 cm³/mol. The number of hydrogen-bond donors (Lipinski definition) is 2. The molecule has 1 aliphatic heterocycles. The maximum atomic E-state index is 12.7. The van der Waals surface area contributed by atoms with E-state index in [0.717, 1.165) is 17.3 Å². The summed E-state index contributed by atoms with van der Waals surface area (Å²) in [6.07, 6.45) is 0. The van der Waals surface area contributed by atoms with Gasteiger partial charge in [0, 0.05) is 25.0 Å². The smallest absolute Gasteiger partial charge is 0.196 e. The third kappa shape index (κ3) is 2.25. The Hall–Kier alpha value is -1.43. The van der Waals surface area contributed by atoms with E-state index in [2.05, 4.69) is 10.6 Å². The molecule has 2 aromatic rings. The largest absolute Gasteiger partial charge is 0.313 e. The second kappa shape index (κ2) is 4.92. The summed E-state index contributed by atoms with van der Waals surface area (Å²) in [7, 11) is -3.36. The topological polar surface area (TPSA) is 58.2 Å². The van der Waals surface area contributed by atoms with Crippen molar-refractivity contribution in [1.82, 2.24) is 10.6 Å². The van der Waals surface area contributed by atoms with Gasteiger partial charge in [0.1, 0.15) is 5.37 Å². The molecule has 3 rings (SSSR count). The maximum Gasteiger partial charge on any atom is 0.196 e. The van der Waals surface area contributed by atoms with Gasteiger partial charge in [-0.1, -0.05) is 36.4 Å². The SMILES string of the molecule is O=S(=O)(c1cccc2ccccc12)C1CNCCN1. The highest BCUT2D eigenvalue weighted by atomic mass is 32.2. The van der Waals surface area contributed by atoms with Gasteiger partial charge in [-0.2, -0.15) is 0 Å². The summed E-state index contributed by atoms with van der Waals surface area (Å²) < 4.78 is 25.4. The molecule has 0 saturated carbocycles. The molecular weight excluding hydrogens is 260 g/mol.